The molecule has 2 N–H and O–H groups in total. The Labute approximate surface area is 159 Å². The number of benzene rings is 2. The Morgan fingerprint density at radius 1 is 1.19 bits per heavy atom. The molecule has 3 aromatic rings. The molecule has 1 unspecified atom stereocenters. The number of hydrogen-bond donors (Lipinski definition) is 2. The molecule has 27 heavy (non-hydrogen) atoms. The topological polar surface area (TPSA) is 90.2 Å². The Morgan fingerprint density at radius 2 is 2.04 bits per heavy atom. The Morgan fingerprint density at radius 3 is 2.93 bits per heavy atom. The largest absolute Gasteiger partial charge is 0.491 e. The van der Waals surface area contributed by atoms with Gasteiger partial charge >= 0.3 is 0 Å². The van der Waals surface area contributed by atoms with Gasteiger partial charge < -0.3 is 29.1 Å². The number of ether oxygens (including phenoxy) is 3. The molecule has 0 fully saturated rings. The summed E-state index contributed by atoms with van der Waals surface area (Å²) in [7, 11) is 0. The third-order valence-corrected chi connectivity index (χ3v) is 4.22. The van der Waals surface area contributed by atoms with E-state index in [4.69, 9.17) is 30.2 Å². The molecule has 2 heterocycles. The standard InChI is InChI=1S/C19H16ClNO6/c20-12-1-3-15-11(5-12)6-18(27-15)19(23)21-8-13(22)9-24-14-2-4-16-17(7-14)26-10-25-16/h1-7,13,22H,8-10H2,(H,21,23). The maximum atomic E-state index is 12.2. The number of halogens is 1. The zero-order valence-electron chi connectivity index (χ0n) is 14.1. The van der Waals surface area contributed by atoms with E-state index in [1.165, 1.54) is 0 Å². The van der Waals surface area contributed by atoms with Gasteiger partial charge in [-0.25, -0.2) is 0 Å². The van der Waals surface area contributed by atoms with Crippen LogP contribution in [0.25, 0.3) is 11.0 Å². The van der Waals surface area contributed by atoms with Crippen LogP contribution in [0.1, 0.15) is 10.6 Å². The summed E-state index contributed by atoms with van der Waals surface area (Å²) in [5.74, 6) is 1.52. The number of carbonyl (C=O) groups excluding carboxylic acids is 1. The Balaban J connectivity index is 1.29. The molecule has 1 aliphatic rings. The first-order chi connectivity index (χ1) is 13.1. The predicted octanol–water partition coefficient (Wildman–Crippen LogP) is 2.98. The molecule has 0 aliphatic carbocycles. The first-order valence-corrected chi connectivity index (χ1v) is 8.64. The van der Waals surface area contributed by atoms with Crippen molar-refractivity contribution in [3.05, 3.63) is 53.2 Å². The van der Waals surface area contributed by atoms with Gasteiger partial charge in [0.2, 0.25) is 6.79 Å². The van der Waals surface area contributed by atoms with Gasteiger partial charge in [-0.2, -0.15) is 0 Å². The minimum absolute atomic E-state index is 0.00959. The Bertz CT molecular complexity index is 985. The van der Waals surface area contributed by atoms with E-state index in [-0.39, 0.29) is 25.7 Å². The highest BCUT2D eigenvalue weighted by molar-refractivity contribution is 6.31. The number of nitrogens with one attached hydrogen (secondary N) is 1. The molecular weight excluding hydrogens is 374 g/mol. The summed E-state index contributed by atoms with van der Waals surface area (Å²) in [5, 5.41) is 13.9. The highest BCUT2D eigenvalue weighted by atomic mass is 35.5. The molecule has 1 aliphatic heterocycles. The average Bonchev–Trinajstić information content (AvgIpc) is 3.30. The van der Waals surface area contributed by atoms with Crippen molar-refractivity contribution in [1.29, 1.82) is 0 Å². The fourth-order valence-corrected chi connectivity index (χ4v) is 2.82. The van der Waals surface area contributed by atoms with E-state index < -0.39 is 12.0 Å². The molecule has 0 saturated carbocycles. The summed E-state index contributed by atoms with van der Waals surface area (Å²) in [4.78, 5) is 12.2. The van der Waals surface area contributed by atoms with Crippen molar-refractivity contribution in [2.75, 3.05) is 19.9 Å². The molecule has 0 saturated heterocycles. The van der Waals surface area contributed by atoms with Gasteiger partial charge in [0.15, 0.2) is 17.3 Å². The van der Waals surface area contributed by atoms with Crippen molar-refractivity contribution in [3.8, 4) is 17.2 Å². The molecule has 8 heteroatoms. The van der Waals surface area contributed by atoms with Crippen LogP contribution in [-0.2, 0) is 0 Å². The number of hydrogen-bond acceptors (Lipinski definition) is 6. The minimum atomic E-state index is -0.891. The molecule has 2 aromatic carbocycles. The number of fused-ring (bicyclic) bond motifs is 2. The maximum Gasteiger partial charge on any atom is 0.287 e. The van der Waals surface area contributed by atoms with Crippen molar-refractivity contribution in [1.82, 2.24) is 5.32 Å². The van der Waals surface area contributed by atoms with Crippen LogP contribution in [0.2, 0.25) is 5.02 Å². The van der Waals surface area contributed by atoms with Gasteiger partial charge in [0.25, 0.3) is 5.91 Å². The lowest BCUT2D eigenvalue weighted by molar-refractivity contribution is 0.0823. The molecule has 4 rings (SSSR count). The van der Waals surface area contributed by atoms with Crippen LogP contribution >= 0.6 is 11.6 Å². The third kappa shape index (κ3) is 3.94. The van der Waals surface area contributed by atoms with Crippen molar-refractivity contribution in [2.24, 2.45) is 0 Å². The number of carbonyl (C=O) groups is 1. The number of aliphatic hydroxyl groups excluding tert-OH is 1. The Kier molecular flexibility index (Phi) is 4.79. The van der Waals surface area contributed by atoms with E-state index in [0.717, 1.165) is 5.39 Å². The fourth-order valence-electron chi connectivity index (χ4n) is 2.64. The zero-order valence-corrected chi connectivity index (χ0v) is 14.9. The maximum absolute atomic E-state index is 12.2. The molecule has 1 amide bonds. The lowest BCUT2D eigenvalue weighted by Gasteiger charge is -2.13. The summed E-state index contributed by atoms with van der Waals surface area (Å²) >= 11 is 5.92. The summed E-state index contributed by atoms with van der Waals surface area (Å²) in [5.41, 5.74) is 0.566. The molecule has 0 bridgehead atoms. The van der Waals surface area contributed by atoms with E-state index in [2.05, 4.69) is 5.32 Å². The molecule has 1 atom stereocenters. The van der Waals surface area contributed by atoms with Crippen LogP contribution in [0.3, 0.4) is 0 Å². The van der Waals surface area contributed by atoms with Gasteiger partial charge in [0.05, 0.1) is 0 Å². The number of aliphatic hydroxyl groups is 1. The highest BCUT2D eigenvalue weighted by Gasteiger charge is 2.16. The molecule has 140 valence electrons. The van der Waals surface area contributed by atoms with Crippen molar-refractivity contribution in [2.45, 2.75) is 6.10 Å². The number of furan rings is 1. The normalized spacial score (nSPS) is 13.6. The van der Waals surface area contributed by atoms with Crippen LogP contribution in [-0.4, -0.2) is 37.1 Å². The first-order valence-electron chi connectivity index (χ1n) is 8.26. The number of rotatable bonds is 6. The smallest absolute Gasteiger partial charge is 0.287 e. The van der Waals surface area contributed by atoms with Crippen molar-refractivity contribution in [3.63, 3.8) is 0 Å². The van der Waals surface area contributed by atoms with Crippen molar-refractivity contribution >= 4 is 28.5 Å². The highest BCUT2D eigenvalue weighted by Crippen LogP contribution is 2.35. The molecular formula is C19H16ClNO6. The van der Waals surface area contributed by atoms with Crippen LogP contribution in [0, 0.1) is 0 Å². The van der Waals surface area contributed by atoms with Crippen molar-refractivity contribution < 1.29 is 28.5 Å². The second-order valence-electron chi connectivity index (χ2n) is 5.98. The van der Waals surface area contributed by atoms with Gasteiger partial charge in [-0.15, -0.1) is 0 Å². The third-order valence-electron chi connectivity index (χ3n) is 3.99. The van der Waals surface area contributed by atoms with Gasteiger partial charge in [-0.1, -0.05) is 11.6 Å². The number of amides is 1. The van der Waals surface area contributed by atoms with Crippen LogP contribution in [0.4, 0.5) is 0 Å². The average molecular weight is 390 g/mol. The summed E-state index contributed by atoms with van der Waals surface area (Å²) in [6.07, 6.45) is -0.891. The second-order valence-corrected chi connectivity index (χ2v) is 6.42. The summed E-state index contributed by atoms with van der Waals surface area (Å²) in [6, 6.07) is 11.8. The van der Waals surface area contributed by atoms with Gasteiger partial charge in [-0.05, 0) is 36.4 Å². The van der Waals surface area contributed by atoms with Crippen LogP contribution in [0.5, 0.6) is 17.2 Å². The van der Waals surface area contributed by atoms with E-state index >= 15 is 0 Å². The lowest BCUT2D eigenvalue weighted by Crippen LogP contribution is -2.35. The molecule has 0 radical (unpaired) electrons. The van der Waals surface area contributed by atoms with E-state index in [0.29, 0.717) is 27.9 Å². The minimum Gasteiger partial charge on any atom is -0.491 e. The lowest BCUT2D eigenvalue weighted by atomic mass is 10.2. The summed E-state index contributed by atoms with van der Waals surface area (Å²) < 4.78 is 21.5. The van der Waals surface area contributed by atoms with Crippen LogP contribution in [0.15, 0.2) is 46.9 Å². The Hall–Kier alpha value is -2.90. The van der Waals surface area contributed by atoms with E-state index in [1.807, 2.05) is 0 Å². The van der Waals surface area contributed by atoms with E-state index in [1.54, 1.807) is 42.5 Å². The predicted molar refractivity (Wildman–Crippen MR) is 97.6 cm³/mol. The quantitative estimate of drug-likeness (QED) is 0.673. The molecule has 1 aromatic heterocycles. The SMILES string of the molecule is O=C(NCC(O)COc1ccc2c(c1)OCO2)c1cc2cc(Cl)ccc2o1. The zero-order chi connectivity index (χ0) is 18.8. The van der Waals surface area contributed by atoms with Gasteiger partial charge in [0, 0.05) is 23.0 Å². The van der Waals surface area contributed by atoms with Gasteiger partial charge in [-0.3, -0.25) is 4.79 Å². The first kappa shape index (κ1) is 17.5. The van der Waals surface area contributed by atoms with Gasteiger partial charge in [0.1, 0.15) is 24.0 Å². The van der Waals surface area contributed by atoms with Crippen LogP contribution < -0.4 is 19.5 Å². The van der Waals surface area contributed by atoms with E-state index in [9.17, 15) is 9.90 Å². The monoisotopic (exact) mass is 389 g/mol. The molecule has 0 spiro atoms. The second kappa shape index (κ2) is 7.38. The fraction of sp³-hybridized carbons (Fsp3) is 0.211. The summed E-state index contributed by atoms with van der Waals surface area (Å²) in [6.45, 7) is 0.207. The molecule has 7 nitrogen and oxygen atoms in total.